The number of aliphatic hydroxyl groups excluding tert-OH is 1. The molecule has 1 aromatic heterocycles. The molecule has 0 saturated carbocycles. The fourth-order valence-corrected chi connectivity index (χ4v) is 3.10. The maximum absolute atomic E-state index is 12.4. The second kappa shape index (κ2) is 7.47. The van der Waals surface area contributed by atoms with Crippen LogP contribution in [-0.2, 0) is 0 Å². The maximum Gasteiger partial charge on any atom is 0.261 e. The average molecular weight is 293 g/mol. The first-order valence-electron chi connectivity index (χ1n) is 7.04. The van der Waals surface area contributed by atoms with Crippen LogP contribution in [0.25, 0.3) is 0 Å². The highest BCUT2D eigenvalue weighted by atomic mass is 32.1. The molecule has 0 saturated heterocycles. The summed E-state index contributed by atoms with van der Waals surface area (Å²) in [5.74, 6) is 5.48. The highest BCUT2D eigenvalue weighted by Gasteiger charge is 2.27. The molecule has 1 aromatic rings. The van der Waals surface area contributed by atoms with E-state index in [0.717, 1.165) is 29.7 Å². The van der Waals surface area contributed by atoms with Gasteiger partial charge in [0.25, 0.3) is 5.91 Å². The second-order valence-electron chi connectivity index (χ2n) is 4.88. The minimum atomic E-state index is -0.163. The van der Waals surface area contributed by atoms with Crippen LogP contribution in [0.2, 0.25) is 0 Å². The summed E-state index contributed by atoms with van der Waals surface area (Å²) < 4.78 is 0. The van der Waals surface area contributed by atoms with Crippen molar-refractivity contribution in [3.63, 3.8) is 0 Å². The van der Waals surface area contributed by atoms with Gasteiger partial charge in [-0.15, -0.1) is 11.3 Å². The van der Waals surface area contributed by atoms with Crippen LogP contribution in [0.15, 0.2) is 6.07 Å². The molecule has 4 heteroatoms. The summed E-state index contributed by atoms with van der Waals surface area (Å²) in [5.41, 5.74) is 0.863. The fourth-order valence-electron chi connectivity index (χ4n) is 2.16. The Kier molecular flexibility index (Phi) is 6.25. The normalized spacial score (nSPS) is 10.8. The van der Waals surface area contributed by atoms with Crippen LogP contribution in [0.1, 0.15) is 60.1 Å². The van der Waals surface area contributed by atoms with Gasteiger partial charge in [0.2, 0.25) is 0 Å². The Bertz CT molecular complexity index is 510. The van der Waals surface area contributed by atoms with Gasteiger partial charge in [0.1, 0.15) is 6.61 Å². The predicted octanol–water partition coefficient (Wildman–Crippen LogP) is 3.10. The smallest absolute Gasteiger partial charge is 0.261 e. The molecule has 0 aromatic carbocycles. The van der Waals surface area contributed by atoms with Crippen molar-refractivity contribution >= 4 is 17.2 Å². The van der Waals surface area contributed by atoms with Crippen molar-refractivity contribution in [2.45, 2.75) is 52.5 Å². The van der Waals surface area contributed by atoms with Gasteiger partial charge >= 0.3 is 0 Å². The molecular formula is C16H23NO2S. The van der Waals surface area contributed by atoms with E-state index in [4.69, 9.17) is 5.11 Å². The fraction of sp³-hybridized carbons (Fsp3) is 0.562. The number of aliphatic hydroxyl groups is 1. The van der Waals surface area contributed by atoms with Crippen LogP contribution >= 0.6 is 11.3 Å². The van der Waals surface area contributed by atoms with E-state index in [2.05, 4.69) is 37.9 Å². The largest absolute Gasteiger partial charge is 0.384 e. The lowest BCUT2D eigenvalue weighted by Crippen LogP contribution is -2.46. The van der Waals surface area contributed by atoms with Gasteiger partial charge in [-0.3, -0.25) is 4.79 Å². The van der Waals surface area contributed by atoms with Crippen molar-refractivity contribution < 1.29 is 9.90 Å². The van der Waals surface area contributed by atoms with Crippen molar-refractivity contribution in [1.82, 2.24) is 5.32 Å². The summed E-state index contributed by atoms with van der Waals surface area (Å²) in [6.45, 7) is 8.08. The molecule has 110 valence electrons. The first-order chi connectivity index (χ1) is 9.51. The summed E-state index contributed by atoms with van der Waals surface area (Å²) in [4.78, 5) is 13.9. The van der Waals surface area contributed by atoms with Gasteiger partial charge in [-0.25, -0.2) is 0 Å². The van der Waals surface area contributed by atoms with Crippen LogP contribution in [0.5, 0.6) is 0 Å². The maximum atomic E-state index is 12.4. The zero-order chi connectivity index (χ0) is 15.2. The lowest BCUT2D eigenvalue weighted by molar-refractivity contribution is 0.0892. The quantitative estimate of drug-likeness (QED) is 0.820. The predicted molar refractivity (Wildman–Crippen MR) is 84.1 cm³/mol. The van der Waals surface area contributed by atoms with Gasteiger partial charge in [-0.05, 0) is 37.8 Å². The van der Waals surface area contributed by atoms with E-state index in [1.165, 1.54) is 11.3 Å². The first-order valence-corrected chi connectivity index (χ1v) is 7.86. The summed E-state index contributed by atoms with van der Waals surface area (Å²) >= 11 is 1.38. The molecule has 0 unspecified atom stereocenters. The van der Waals surface area contributed by atoms with E-state index < -0.39 is 0 Å². The topological polar surface area (TPSA) is 49.3 Å². The number of amides is 1. The molecular weight excluding hydrogens is 270 g/mol. The third kappa shape index (κ3) is 3.84. The molecule has 1 rings (SSSR count). The highest BCUT2D eigenvalue weighted by molar-refractivity contribution is 7.14. The molecule has 1 heterocycles. The molecule has 2 N–H and O–H groups in total. The Labute approximate surface area is 125 Å². The number of carbonyl (C=O) groups excluding carboxylic acids is 1. The number of rotatable bonds is 5. The van der Waals surface area contributed by atoms with Crippen molar-refractivity contribution in [2.24, 2.45) is 0 Å². The minimum Gasteiger partial charge on any atom is -0.384 e. The third-order valence-electron chi connectivity index (χ3n) is 3.83. The Balaban J connectivity index is 2.93. The van der Waals surface area contributed by atoms with Gasteiger partial charge in [0.05, 0.1) is 9.75 Å². The van der Waals surface area contributed by atoms with Gasteiger partial charge in [-0.1, -0.05) is 32.6 Å². The van der Waals surface area contributed by atoms with Crippen LogP contribution in [0.4, 0.5) is 0 Å². The van der Waals surface area contributed by atoms with E-state index in [1.54, 1.807) is 0 Å². The zero-order valence-electron chi connectivity index (χ0n) is 12.7. The highest BCUT2D eigenvalue weighted by Crippen LogP contribution is 2.24. The lowest BCUT2D eigenvalue weighted by atomic mass is 9.90. The standard InChI is InChI=1S/C16H23NO2S/c1-5-16(6-2,7-3)17-15(19)14-11-12(4)13(20-14)9-8-10-18/h11,18H,5-7,10H2,1-4H3,(H,17,19). The number of thiophene rings is 1. The number of carbonyl (C=O) groups is 1. The van der Waals surface area contributed by atoms with Crippen LogP contribution in [0, 0.1) is 18.8 Å². The van der Waals surface area contributed by atoms with E-state index in [9.17, 15) is 4.79 Å². The molecule has 0 radical (unpaired) electrons. The Morgan fingerprint density at radius 2 is 1.95 bits per heavy atom. The van der Waals surface area contributed by atoms with Crippen LogP contribution in [-0.4, -0.2) is 23.2 Å². The van der Waals surface area contributed by atoms with Gasteiger partial charge in [-0.2, -0.15) is 0 Å². The number of hydrogen-bond acceptors (Lipinski definition) is 3. The summed E-state index contributed by atoms with van der Waals surface area (Å²) in [5, 5.41) is 11.9. The monoisotopic (exact) mass is 293 g/mol. The van der Waals surface area contributed by atoms with Crippen molar-refractivity contribution in [2.75, 3.05) is 6.61 Å². The van der Waals surface area contributed by atoms with E-state index in [0.29, 0.717) is 4.88 Å². The minimum absolute atomic E-state index is 0.0271. The Morgan fingerprint density at radius 1 is 1.35 bits per heavy atom. The molecule has 0 aliphatic heterocycles. The molecule has 3 nitrogen and oxygen atoms in total. The van der Waals surface area contributed by atoms with Gasteiger partial charge in [0, 0.05) is 5.54 Å². The number of aryl methyl sites for hydroxylation is 1. The summed E-state index contributed by atoms with van der Waals surface area (Å²) in [7, 11) is 0. The Morgan fingerprint density at radius 3 is 2.45 bits per heavy atom. The van der Waals surface area contributed by atoms with E-state index >= 15 is 0 Å². The Hall–Kier alpha value is -1.31. The zero-order valence-corrected chi connectivity index (χ0v) is 13.5. The lowest BCUT2D eigenvalue weighted by Gasteiger charge is -2.31. The van der Waals surface area contributed by atoms with Gasteiger partial charge in [0.15, 0.2) is 0 Å². The van der Waals surface area contributed by atoms with E-state index in [-0.39, 0.29) is 18.1 Å². The molecule has 0 bridgehead atoms. The van der Waals surface area contributed by atoms with Crippen molar-refractivity contribution in [1.29, 1.82) is 0 Å². The summed E-state index contributed by atoms with van der Waals surface area (Å²) in [6.07, 6.45) is 2.77. The van der Waals surface area contributed by atoms with Crippen molar-refractivity contribution in [3.05, 3.63) is 21.4 Å². The van der Waals surface area contributed by atoms with Crippen LogP contribution < -0.4 is 5.32 Å². The van der Waals surface area contributed by atoms with Gasteiger partial charge < -0.3 is 10.4 Å². The van der Waals surface area contributed by atoms with Crippen molar-refractivity contribution in [3.8, 4) is 11.8 Å². The van der Waals surface area contributed by atoms with Crippen LogP contribution in [0.3, 0.4) is 0 Å². The van der Waals surface area contributed by atoms with E-state index in [1.807, 2.05) is 13.0 Å². The molecule has 0 aliphatic rings. The summed E-state index contributed by atoms with van der Waals surface area (Å²) in [6, 6.07) is 1.87. The molecule has 20 heavy (non-hydrogen) atoms. The molecule has 0 spiro atoms. The molecule has 1 amide bonds. The molecule has 0 fully saturated rings. The molecule has 0 aliphatic carbocycles. The average Bonchev–Trinajstić information content (AvgIpc) is 2.84. The third-order valence-corrected chi connectivity index (χ3v) is 4.98. The second-order valence-corrected chi connectivity index (χ2v) is 5.93. The molecule has 0 atom stereocenters. The SMILES string of the molecule is CCC(CC)(CC)NC(=O)c1cc(C)c(C#CCO)s1. The number of nitrogens with one attached hydrogen (secondary N) is 1. The first kappa shape index (κ1) is 16.7. The number of hydrogen-bond donors (Lipinski definition) is 2.